The van der Waals surface area contributed by atoms with Crippen molar-refractivity contribution in [2.24, 2.45) is 18.9 Å². The molecule has 2 aromatic rings. The van der Waals surface area contributed by atoms with E-state index >= 15 is 0 Å². The first-order valence-electron chi connectivity index (χ1n) is 9.04. The molecule has 0 amide bonds. The summed E-state index contributed by atoms with van der Waals surface area (Å²) in [6, 6.07) is 10.4. The summed E-state index contributed by atoms with van der Waals surface area (Å²) in [7, 11) is 1.95. The van der Waals surface area contributed by atoms with E-state index in [0.717, 1.165) is 38.2 Å². The number of aryl methyl sites for hydroxylation is 1. The summed E-state index contributed by atoms with van der Waals surface area (Å²) in [5, 5.41) is 0. The molecule has 1 aliphatic carbocycles. The highest BCUT2D eigenvalue weighted by molar-refractivity contribution is 6.10. The largest absolute Gasteiger partial charge is 0.353 e. The van der Waals surface area contributed by atoms with Gasteiger partial charge in [-0.05, 0) is 31.2 Å². The van der Waals surface area contributed by atoms with Gasteiger partial charge < -0.3 is 4.57 Å². The molecule has 0 bridgehead atoms. The van der Waals surface area contributed by atoms with Crippen LogP contribution in [0.15, 0.2) is 36.5 Å². The summed E-state index contributed by atoms with van der Waals surface area (Å²) in [5.74, 6) is 0.579. The molecule has 130 valence electrons. The third-order valence-electron chi connectivity index (χ3n) is 5.79. The summed E-state index contributed by atoms with van der Waals surface area (Å²) in [6.07, 6.45) is 3.73. The second-order valence-electron chi connectivity index (χ2n) is 7.48. The first kappa shape index (κ1) is 16.3. The van der Waals surface area contributed by atoms with Gasteiger partial charge >= 0.3 is 0 Å². The maximum absolute atomic E-state index is 13.3. The van der Waals surface area contributed by atoms with Crippen LogP contribution < -0.4 is 0 Å². The van der Waals surface area contributed by atoms with Crippen LogP contribution in [0.1, 0.15) is 45.3 Å². The molecule has 0 saturated carbocycles. The number of hydrogen-bond donors (Lipinski definition) is 0. The first-order chi connectivity index (χ1) is 12.0. The van der Waals surface area contributed by atoms with Crippen LogP contribution in [0.5, 0.6) is 0 Å². The number of nitrogens with zero attached hydrogens (tertiary/aromatic N) is 2. The first-order valence-corrected chi connectivity index (χ1v) is 9.04. The molecular formula is C21H24N2O2. The smallest absolute Gasteiger partial charge is 0.170 e. The van der Waals surface area contributed by atoms with Crippen LogP contribution in [0.3, 0.4) is 0 Å². The summed E-state index contributed by atoms with van der Waals surface area (Å²) >= 11 is 0. The minimum Gasteiger partial charge on any atom is -0.353 e. The summed E-state index contributed by atoms with van der Waals surface area (Å²) in [5.41, 5.74) is 3.63. The predicted molar refractivity (Wildman–Crippen MR) is 96.8 cm³/mol. The fraction of sp³-hybridized carbons (Fsp3) is 0.429. The van der Waals surface area contributed by atoms with Gasteiger partial charge in [-0.15, -0.1) is 0 Å². The second-order valence-corrected chi connectivity index (χ2v) is 7.48. The number of rotatable bonds is 3. The van der Waals surface area contributed by atoms with Crippen molar-refractivity contribution in [1.29, 1.82) is 0 Å². The number of ketones is 2. The fourth-order valence-electron chi connectivity index (χ4n) is 4.54. The lowest BCUT2D eigenvalue weighted by atomic mass is 9.88. The molecule has 2 atom stereocenters. The molecule has 0 N–H and O–H groups in total. The molecule has 2 aliphatic rings. The number of carbonyl (C=O) groups excluding carboxylic acids is 2. The molecule has 1 fully saturated rings. The summed E-state index contributed by atoms with van der Waals surface area (Å²) in [4.78, 5) is 27.7. The fourth-order valence-corrected chi connectivity index (χ4v) is 4.54. The van der Waals surface area contributed by atoms with Crippen LogP contribution in [-0.2, 0) is 20.0 Å². The van der Waals surface area contributed by atoms with E-state index in [0.29, 0.717) is 17.0 Å². The molecule has 25 heavy (non-hydrogen) atoms. The number of benzene rings is 1. The highest BCUT2D eigenvalue weighted by atomic mass is 16.1. The zero-order chi connectivity index (χ0) is 17.6. The van der Waals surface area contributed by atoms with Crippen LogP contribution in [0, 0.1) is 11.8 Å². The summed E-state index contributed by atoms with van der Waals surface area (Å²) < 4.78 is 1.98. The molecule has 0 spiro atoms. The van der Waals surface area contributed by atoms with Crippen molar-refractivity contribution in [2.75, 3.05) is 13.1 Å². The molecule has 4 nitrogen and oxygen atoms in total. The van der Waals surface area contributed by atoms with Crippen molar-refractivity contribution in [3.63, 3.8) is 0 Å². The topological polar surface area (TPSA) is 42.3 Å². The second kappa shape index (κ2) is 6.26. The van der Waals surface area contributed by atoms with Gasteiger partial charge in [0, 0.05) is 55.6 Å². The van der Waals surface area contributed by atoms with Crippen molar-refractivity contribution in [1.82, 2.24) is 9.47 Å². The van der Waals surface area contributed by atoms with E-state index in [4.69, 9.17) is 0 Å². The lowest BCUT2D eigenvalue weighted by Gasteiger charge is -2.16. The maximum atomic E-state index is 13.3. The van der Waals surface area contributed by atoms with Gasteiger partial charge in [0.15, 0.2) is 11.6 Å². The third-order valence-corrected chi connectivity index (χ3v) is 5.79. The van der Waals surface area contributed by atoms with Gasteiger partial charge in [0.05, 0.1) is 0 Å². The standard InChI is InChI=1S/C21H24N2O2/c1-14(24)17-12-22(2)19-9-8-16-11-23(10-15-6-4-3-5-7-15)13-18(16)21(25)20(17)19/h3-7,12,16,18H,8-11,13H2,1-2H3. The SMILES string of the molecule is CC(=O)c1cn(C)c2c1C(=O)C1CN(Cc3ccccc3)CC1CC2. The number of aromatic nitrogens is 1. The van der Waals surface area contributed by atoms with Crippen molar-refractivity contribution in [3.05, 3.63) is 58.9 Å². The number of carbonyl (C=O) groups is 2. The molecule has 1 aromatic carbocycles. The minimum absolute atomic E-state index is 0.0113. The van der Waals surface area contributed by atoms with E-state index in [1.165, 1.54) is 5.56 Å². The molecule has 2 unspecified atom stereocenters. The Bertz CT molecular complexity index is 822. The van der Waals surface area contributed by atoms with E-state index in [1.807, 2.05) is 23.9 Å². The Kier molecular flexibility index (Phi) is 4.08. The van der Waals surface area contributed by atoms with Crippen molar-refractivity contribution in [3.8, 4) is 0 Å². The van der Waals surface area contributed by atoms with Gasteiger partial charge in [-0.2, -0.15) is 0 Å². The maximum Gasteiger partial charge on any atom is 0.170 e. The molecule has 1 aliphatic heterocycles. The van der Waals surface area contributed by atoms with Crippen molar-refractivity contribution in [2.45, 2.75) is 26.3 Å². The molecule has 4 rings (SSSR count). The van der Waals surface area contributed by atoms with Gasteiger partial charge in [0.1, 0.15) is 0 Å². The van der Waals surface area contributed by atoms with Crippen LogP contribution in [0.2, 0.25) is 0 Å². The molecule has 1 aromatic heterocycles. The van der Waals surface area contributed by atoms with Crippen LogP contribution in [0.25, 0.3) is 0 Å². The van der Waals surface area contributed by atoms with Crippen LogP contribution in [0.4, 0.5) is 0 Å². The lowest BCUT2D eigenvalue weighted by molar-refractivity contribution is 0.0892. The van der Waals surface area contributed by atoms with Crippen molar-refractivity contribution < 1.29 is 9.59 Å². The van der Waals surface area contributed by atoms with E-state index in [1.54, 1.807) is 6.92 Å². The average Bonchev–Trinajstić information content (AvgIpc) is 3.11. The molecular weight excluding hydrogens is 312 g/mol. The zero-order valence-corrected chi connectivity index (χ0v) is 14.9. The number of fused-ring (bicyclic) bond motifs is 2. The Morgan fingerprint density at radius 2 is 1.96 bits per heavy atom. The minimum atomic E-state index is -0.0113. The average molecular weight is 336 g/mol. The van der Waals surface area contributed by atoms with E-state index in [2.05, 4.69) is 29.2 Å². The van der Waals surface area contributed by atoms with Crippen molar-refractivity contribution >= 4 is 11.6 Å². The van der Waals surface area contributed by atoms with E-state index in [9.17, 15) is 9.59 Å². The Balaban J connectivity index is 1.60. The highest BCUT2D eigenvalue weighted by Gasteiger charge is 2.42. The number of hydrogen-bond acceptors (Lipinski definition) is 3. The summed E-state index contributed by atoms with van der Waals surface area (Å²) in [6.45, 7) is 4.21. The Labute approximate surface area is 148 Å². The predicted octanol–water partition coefficient (Wildman–Crippen LogP) is 3.10. The highest BCUT2D eigenvalue weighted by Crippen LogP contribution is 2.37. The number of likely N-dealkylation sites (tertiary alicyclic amines) is 1. The number of Topliss-reactive ketones (excluding diaryl/α,β-unsaturated/α-hetero) is 2. The monoisotopic (exact) mass is 336 g/mol. The molecule has 0 radical (unpaired) electrons. The van der Waals surface area contributed by atoms with Gasteiger partial charge in [-0.3, -0.25) is 14.5 Å². The van der Waals surface area contributed by atoms with E-state index in [-0.39, 0.29) is 17.5 Å². The Morgan fingerprint density at radius 1 is 1.20 bits per heavy atom. The zero-order valence-electron chi connectivity index (χ0n) is 14.9. The molecule has 1 saturated heterocycles. The van der Waals surface area contributed by atoms with Gasteiger partial charge in [-0.25, -0.2) is 0 Å². The molecule has 4 heteroatoms. The lowest BCUT2D eigenvalue weighted by Crippen LogP contribution is -2.24. The third kappa shape index (κ3) is 2.85. The van der Waals surface area contributed by atoms with Crippen LogP contribution in [-0.4, -0.2) is 34.1 Å². The van der Waals surface area contributed by atoms with Gasteiger partial charge in [0.2, 0.25) is 0 Å². The quantitative estimate of drug-likeness (QED) is 0.809. The normalized spacial score (nSPS) is 23.2. The molecule has 2 heterocycles. The van der Waals surface area contributed by atoms with E-state index < -0.39 is 0 Å². The Morgan fingerprint density at radius 3 is 2.68 bits per heavy atom. The van der Waals surface area contributed by atoms with Crippen LogP contribution >= 0.6 is 0 Å². The van der Waals surface area contributed by atoms with Gasteiger partial charge in [-0.1, -0.05) is 30.3 Å². The van der Waals surface area contributed by atoms with Gasteiger partial charge in [0.25, 0.3) is 0 Å². The Hall–Kier alpha value is -2.20.